The van der Waals surface area contributed by atoms with Gasteiger partial charge in [-0.2, -0.15) is 0 Å². The lowest BCUT2D eigenvalue weighted by Crippen LogP contribution is -2.48. The van der Waals surface area contributed by atoms with Gasteiger partial charge in [0.15, 0.2) is 0 Å². The Morgan fingerprint density at radius 2 is 1.89 bits per heavy atom. The van der Waals surface area contributed by atoms with Crippen LogP contribution in [0.25, 0.3) is 0 Å². The van der Waals surface area contributed by atoms with Crippen LogP contribution in [-0.2, 0) is 16.1 Å². The van der Waals surface area contributed by atoms with Crippen LogP contribution in [0.4, 0.5) is 5.69 Å². The molecule has 27 heavy (non-hydrogen) atoms. The molecule has 0 spiro atoms. The summed E-state index contributed by atoms with van der Waals surface area (Å²) in [6, 6.07) is 8.24. The monoisotopic (exact) mass is 371 g/mol. The van der Waals surface area contributed by atoms with E-state index in [1.54, 1.807) is 0 Å². The van der Waals surface area contributed by atoms with Crippen molar-refractivity contribution in [3.63, 3.8) is 0 Å². The van der Waals surface area contributed by atoms with Crippen LogP contribution in [0.2, 0.25) is 0 Å². The van der Waals surface area contributed by atoms with E-state index >= 15 is 0 Å². The number of hydrogen-bond donors (Lipinski definition) is 2. The van der Waals surface area contributed by atoms with Gasteiger partial charge in [-0.1, -0.05) is 12.1 Å². The van der Waals surface area contributed by atoms with Crippen molar-refractivity contribution in [2.75, 3.05) is 24.5 Å². The fourth-order valence-electron chi connectivity index (χ4n) is 5.03. The third kappa shape index (κ3) is 4.01. The van der Waals surface area contributed by atoms with Crippen molar-refractivity contribution in [2.45, 2.75) is 51.3 Å². The van der Waals surface area contributed by atoms with E-state index < -0.39 is 6.10 Å². The van der Waals surface area contributed by atoms with Crippen LogP contribution in [-0.4, -0.2) is 53.6 Å². The van der Waals surface area contributed by atoms with Gasteiger partial charge in [0, 0.05) is 45.2 Å². The fraction of sp³-hybridized carbons (Fsp3) is 0.619. The van der Waals surface area contributed by atoms with Crippen LogP contribution in [0.1, 0.15) is 38.2 Å². The van der Waals surface area contributed by atoms with Gasteiger partial charge in [-0.25, -0.2) is 0 Å². The minimum atomic E-state index is -0.438. The molecule has 1 aromatic carbocycles. The zero-order chi connectivity index (χ0) is 19.0. The standard InChI is InChI=1S/C21H29N3O3/c1-14(25)22-19-9-16-12-23(13-17(16)10-20(19)26)11-15-4-6-18(7-5-15)24-8-2-3-21(24)27/h4-7,16-17,19-20,26H,2-3,8-13H2,1H3,(H,22,25)/t16-,17+,19-,20-/m1/s1. The smallest absolute Gasteiger partial charge is 0.227 e. The zero-order valence-electron chi connectivity index (χ0n) is 15.9. The van der Waals surface area contributed by atoms with Crippen LogP contribution in [0.15, 0.2) is 24.3 Å². The first kappa shape index (κ1) is 18.4. The highest BCUT2D eigenvalue weighted by Crippen LogP contribution is 2.37. The average molecular weight is 371 g/mol. The molecule has 2 aliphatic heterocycles. The number of nitrogens with zero attached hydrogens (tertiary/aromatic N) is 2. The van der Waals surface area contributed by atoms with Crippen LogP contribution in [0, 0.1) is 11.8 Å². The molecule has 2 saturated heterocycles. The molecule has 0 unspecified atom stereocenters. The molecule has 2 N–H and O–H groups in total. The first-order valence-corrected chi connectivity index (χ1v) is 10.1. The van der Waals surface area contributed by atoms with Gasteiger partial charge in [0.25, 0.3) is 0 Å². The number of carbonyl (C=O) groups excluding carboxylic acids is 2. The summed E-state index contributed by atoms with van der Waals surface area (Å²) in [6.07, 6.45) is 2.79. The number of benzene rings is 1. The Morgan fingerprint density at radius 1 is 1.19 bits per heavy atom. The molecule has 6 heteroatoms. The Balaban J connectivity index is 1.34. The molecular formula is C21H29N3O3. The van der Waals surface area contributed by atoms with Gasteiger partial charge in [-0.3, -0.25) is 14.5 Å². The summed E-state index contributed by atoms with van der Waals surface area (Å²) in [5, 5.41) is 13.2. The van der Waals surface area contributed by atoms with Gasteiger partial charge in [0.05, 0.1) is 12.1 Å². The van der Waals surface area contributed by atoms with Crippen LogP contribution >= 0.6 is 0 Å². The van der Waals surface area contributed by atoms with Crippen LogP contribution in [0.5, 0.6) is 0 Å². The van der Waals surface area contributed by atoms with Crippen molar-refractivity contribution < 1.29 is 14.7 Å². The van der Waals surface area contributed by atoms with E-state index in [0.29, 0.717) is 18.3 Å². The third-order valence-electron chi connectivity index (χ3n) is 6.33. The SMILES string of the molecule is CC(=O)N[C@@H]1C[C@@H]2CN(Cc3ccc(N4CCCC4=O)cc3)C[C@@H]2C[C@H]1O. The molecule has 146 valence electrons. The summed E-state index contributed by atoms with van der Waals surface area (Å²) in [5.41, 5.74) is 2.25. The summed E-state index contributed by atoms with van der Waals surface area (Å²) < 4.78 is 0. The number of rotatable bonds is 4. The van der Waals surface area contributed by atoms with Gasteiger partial charge < -0.3 is 15.3 Å². The Hall–Kier alpha value is -1.92. The molecule has 3 fully saturated rings. The predicted octanol–water partition coefficient (Wildman–Crippen LogP) is 1.52. The summed E-state index contributed by atoms with van der Waals surface area (Å²) in [5.74, 6) is 1.20. The van der Waals surface area contributed by atoms with E-state index in [1.807, 2.05) is 4.90 Å². The van der Waals surface area contributed by atoms with Crippen molar-refractivity contribution in [1.82, 2.24) is 10.2 Å². The van der Waals surface area contributed by atoms with Crippen molar-refractivity contribution >= 4 is 17.5 Å². The van der Waals surface area contributed by atoms with Gasteiger partial charge in [0.2, 0.25) is 11.8 Å². The third-order valence-corrected chi connectivity index (χ3v) is 6.33. The Bertz CT molecular complexity index is 705. The molecule has 0 aromatic heterocycles. The highest BCUT2D eigenvalue weighted by atomic mass is 16.3. The maximum absolute atomic E-state index is 11.9. The van der Waals surface area contributed by atoms with Gasteiger partial charge in [-0.15, -0.1) is 0 Å². The number of likely N-dealkylation sites (tertiary alicyclic amines) is 1. The molecule has 0 radical (unpaired) electrons. The second-order valence-electron chi connectivity index (χ2n) is 8.38. The summed E-state index contributed by atoms with van der Waals surface area (Å²) in [7, 11) is 0. The predicted molar refractivity (Wildman–Crippen MR) is 103 cm³/mol. The van der Waals surface area contributed by atoms with Crippen molar-refractivity contribution in [1.29, 1.82) is 0 Å². The number of hydrogen-bond acceptors (Lipinski definition) is 4. The maximum Gasteiger partial charge on any atom is 0.227 e. The van der Waals surface area contributed by atoms with Crippen LogP contribution < -0.4 is 10.2 Å². The molecule has 4 atom stereocenters. The van der Waals surface area contributed by atoms with Gasteiger partial charge in [0.1, 0.15) is 0 Å². The quantitative estimate of drug-likeness (QED) is 0.842. The number of aliphatic hydroxyl groups excluding tert-OH is 1. The van der Waals surface area contributed by atoms with Crippen molar-refractivity contribution in [3.05, 3.63) is 29.8 Å². The molecule has 3 aliphatic rings. The summed E-state index contributed by atoms with van der Waals surface area (Å²) >= 11 is 0. The van der Waals surface area contributed by atoms with E-state index in [2.05, 4.69) is 34.5 Å². The fourth-order valence-corrected chi connectivity index (χ4v) is 5.03. The molecule has 1 aromatic rings. The molecule has 2 amide bonds. The minimum absolute atomic E-state index is 0.0658. The van der Waals surface area contributed by atoms with Gasteiger partial charge >= 0.3 is 0 Å². The maximum atomic E-state index is 11.9. The molecule has 0 bridgehead atoms. The number of nitrogens with one attached hydrogen (secondary N) is 1. The summed E-state index contributed by atoms with van der Waals surface area (Å²) in [6.45, 7) is 5.24. The average Bonchev–Trinajstić information content (AvgIpc) is 3.21. The van der Waals surface area contributed by atoms with Crippen molar-refractivity contribution in [3.8, 4) is 0 Å². The van der Waals surface area contributed by atoms with E-state index in [0.717, 1.165) is 51.1 Å². The normalized spacial score (nSPS) is 31.2. The van der Waals surface area contributed by atoms with E-state index in [1.165, 1.54) is 12.5 Å². The van der Waals surface area contributed by atoms with Gasteiger partial charge in [-0.05, 0) is 48.8 Å². The zero-order valence-corrected chi connectivity index (χ0v) is 15.9. The number of fused-ring (bicyclic) bond motifs is 1. The Morgan fingerprint density at radius 3 is 2.52 bits per heavy atom. The van der Waals surface area contributed by atoms with Crippen molar-refractivity contribution in [2.24, 2.45) is 11.8 Å². The molecule has 1 saturated carbocycles. The molecule has 6 nitrogen and oxygen atoms in total. The molecule has 2 heterocycles. The van der Waals surface area contributed by atoms with E-state index in [-0.39, 0.29) is 17.9 Å². The Kier molecular flexibility index (Phi) is 5.19. The minimum Gasteiger partial charge on any atom is -0.391 e. The largest absolute Gasteiger partial charge is 0.391 e. The highest BCUT2D eigenvalue weighted by Gasteiger charge is 2.41. The summed E-state index contributed by atoms with van der Waals surface area (Å²) in [4.78, 5) is 27.5. The topological polar surface area (TPSA) is 72.9 Å². The molecular weight excluding hydrogens is 342 g/mol. The lowest BCUT2D eigenvalue weighted by Gasteiger charge is -2.35. The van der Waals surface area contributed by atoms with Crippen LogP contribution in [0.3, 0.4) is 0 Å². The second kappa shape index (κ2) is 7.60. The lowest BCUT2D eigenvalue weighted by atomic mass is 9.77. The first-order chi connectivity index (χ1) is 13.0. The second-order valence-corrected chi connectivity index (χ2v) is 8.38. The first-order valence-electron chi connectivity index (χ1n) is 10.1. The number of amides is 2. The Labute approximate surface area is 160 Å². The highest BCUT2D eigenvalue weighted by molar-refractivity contribution is 5.95. The number of aliphatic hydroxyl groups is 1. The van der Waals surface area contributed by atoms with E-state index in [4.69, 9.17) is 0 Å². The molecule has 1 aliphatic carbocycles. The lowest BCUT2D eigenvalue weighted by molar-refractivity contribution is -0.121. The van der Waals surface area contributed by atoms with E-state index in [9.17, 15) is 14.7 Å². The molecule has 4 rings (SSSR count). The number of carbonyl (C=O) groups is 2. The number of anilines is 1.